The molecule has 1 aromatic carbocycles. The van der Waals surface area contributed by atoms with Gasteiger partial charge in [0.2, 0.25) is 10.0 Å². The second-order valence-electron chi connectivity index (χ2n) is 5.67. The molecule has 0 amide bonds. The minimum atomic E-state index is -3.41. The van der Waals surface area contributed by atoms with Gasteiger partial charge in [0.1, 0.15) is 0 Å². The molecule has 1 fully saturated rings. The number of sulfonamides is 1. The van der Waals surface area contributed by atoms with E-state index < -0.39 is 10.0 Å². The molecule has 2 N–H and O–H groups in total. The quantitative estimate of drug-likeness (QED) is 0.772. The van der Waals surface area contributed by atoms with Crippen molar-refractivity contribution in [2.45, 2.75) is 50.0 Å². The third-order valence-electron chi connectivity index (χ3n) is 3.60. The molecule has 0 radical (unpaired) electrons. The molecule has 0 aromatic heterocycles. The van der Waals surface area contributed by atoms with Crippen molar-refractivity contribution in [3.63, 3.8) is 0 Å². The first-order valence-corrected chi connectivity index (χ1v) is 8.71. The molecule has 1 aromatic rings. The summed E-state index contributed by atoms with van der Waals surface area (Å²) in [5.41, 5.74) is 1.05. The summed E-state index contributed by atoms with van der Waals surface area (Å²) in [5, 5.41) is 8.78. The normalized spacial score (nSPS) is 17.1. The second kappa shape index (κ2) is 6.70. The number of benzene rings is 1. The molecule has 0 spiro atoms. The Bertz CT molecular complexity index is 521. The van der Waals surface area contributed by atoms with E-state index in [1.54, 1.807) is 12.1 Å². The molecular formula is C15H23NO3S. The van der Waals surface area contributed by atoms with Crippen LogP contribution in [0.5, 0.6) is 0 Å². The predicted molar refractivity (Wildman–Crippen MR) is 79.0 cm³/mol. The molecule has 0 heterocycles. The topological polar surface area (TPSA) is 66.4 Å². The van der Waals surface area contributed by atoms with Crippen LogP contribution in [-0.4, -0.2) is 26.2 Å². The van der Waals surface area contributed by atoms with Crippen molar-refractivity contribution in [2.24, 2.45) is 5.92 Å². The third-order valence-corrected chi connectivity index (χ3v) is 5.20. The van der Waals surface area contributed by atoms with Gasteiger partial charge >= 0.3 is 0 Å². The zero-order valence-electron chi connectivity index (χ0n) is 11.9. The van der Waals surface area contributed by atoms with Gasteiger partial charge < -0.3 is 5.11 Å². The minimum Gasteiger partial charge on any atom is -0.396 e. The van der Waals surface area contributed by atoms with Gasteiger partial charge in [0.25, 0.3) is 0 Å². The maximum atomic E-state index is 12.2. The fraction of sp³-hybridized carbons (Fsp3) is 0.600. The van der Waals surface area contributed by atoms with Crippen LogP contribution < -0.4 is 4.72 Å². The molecule has 5 heteroatoms. The molecule has 0 bridgehead atoms. The lowest BCUT2D eigenvalue weighted by molar-refractivity contribution is 0.288. The van der Waals surface area contributed by atoms with Crippen LogP contribution in [0, 0.1) is 5.92 Å². The lowest BCUT2D eigenvalue weighted by atomic mass is 10.1. The van der Waals surface area contributed by atoms with Gasteiger partial charge in [-0.05, 0) is 49.8 Å². The van der Waals surface area contributed by atoms with Gasteiger partial charge in [0.05, 0.1) is 4.90 Å². The van der Waals surface area contributed by atoms with Crippen LogP contribution in [0.4, 0.5) is 0 Å². The zero-order chi connectivity index (χ0) is 14.6. The summed E-state index contributed by atoms with van der Waals surface area (Å²) < 4.78 is 27.2. The summed E-state index contributed by atoms with van der Waals surface area (Å²) in [6.45, 7) is 2.08. The van der Waals surface area contributed by atoms with Gasteiger partial charge in [-0.2, -0.15) is 0 Å². The van der Waals surface area contributed by atoms with Crippen molar-refractivity contribution in [3.05, 3.63) is 29.8 Å². The first-order valence-electron chi connectivity index (χ1n) is 7.23. The number of rotatable bonds is 8. The first kappa shape index (κ1) is 15.5. The fourth-order valence-corrected chi connectivity index (χ4v) is 3.61. The number of aryl methyl sites for hydroxylation is 1. The monoisotopic (exact) mass is 297 g/mol. The van der Waals surface area contributed by atoms with Gasteiger partial charge in [0, 0.05) is 12.6 Å². The third kappa shape index (κ3) is 4.58. The Kier molecular flexibility index (Phi) is 5.18. The molecule has 1 aliphatic carbocycles. The summed E-state index contributed by atoms with van der Waals surface area (Å²) in [7, 11) is -3.41. The second-order valence-corrected chi connectivity index (χ2v) is 7.39. The number of aliphatic hydroxyl groups is 1. The fourth-order valence-electron chi connectivity index (χ4n) is 2.35. The lowest BCUT2D eigenvalue weighted by Crippen LogP contribution is -2.32. The number of nitrogens with one attached hydrogen (secondary N) is 1. The summed E-state index contributed by atoms with van der Waals surface area (Å²) in [4.78, 5) is 0.313. The van der Waals surface area contributed by atoms with E-state index in [2.05, 4.69) is 4.72 Å². The summed E-state index contributed by atoms with van der Waals surface area (Å²) in [6, 6.07) is 6.89. The average Bonchev–Trinajstić information content (AvgIpc) is 3.20. The van der Waals surface area contributed by atoms with Crippen LogP contribution in [0.25, 0.3) is 0 Å². The van der Waals surface area contributed by atoms with Crippen molar-refractivity contribution in [2.75, 3.05) is 6.61 Å². The number of hydrogen-bond donors (Lipinski definition) is 2. The number of hydrogen-bond acceptors (Lipinski definition) is 3. The van der Waals surface area contributed by atoms with Gasteiger partial charge in [-0.15, -0.1) is 0 Å². The summed E-state index contributed by atoms with van der Waals surface area (Å²) in [6.07, 6.45) is 4.84. The van der Waals surface area contributed by atoms with E-state index in [-0.39, 0.29) is 12.6 Å². The molecule has 4 nitrogen and oxygen atoms in total. The van der Waals surface area contributed by atoms with E-state index >= 15 is 0 Å². The lowest BCUT2D eigenvalue weighted by Gasteiger charge is -2.14. The van der Waals surface area contributed by atoms with Gasteiger partial charge in [0.15, 0.2) is 0 Å². The maximum absolute atomic E-state index is 12.2. The molecular weight excluding hydrogens is 274 g/mol. The van der Waals surface area contributed by atoms with E-state index in [0.29, 0.717) is 17.2 Å². The minimum absolute atomic E-state index is 0.0124. The average molecular weight is 297 g/mol. The highest BCUT2D eigenvalue weighted by atomic mass is 32.2. The molecule has 1 aliphatic rings. The van der Waals surface area contributed by atoms with Crippen LogP contribution in [0.2, 0.25) is 0 Å². The van der Waals surface area contributed by atoms with Crippen molar-refractivity contribution >= 4 is 10.0 Å². The van der Waals surface area contributed by atoms with Crippen molar-refractivity contribution in [3.8, 4) is 0 Å². The standard InChI is InChI=1S/C15H23NO3S/c1-12(11-14-4-5-14)16-20(18,19)15-8-6-13(7-9-15)3-2-10-17/h6-9,12,14,16-17H,2-5,10-11H2,1H3. The molecule has 1 unspecified atom stereocenters. The molecule has 20 heavy (non-hydrogen) atoms. The Morgan fingerprint density at radius 1 is 1.30 bits per heavy atom. The van der Waals surface area contributed by atoms with Gasteiger partial charge in [-0.1, -0.05) is 25.0 Å². The van der Waals surface area contributed by atoms with E-state index in [0.717, 1.165) is 18.4 Å². The van der Waals surface area contributed by atoms with Crippen LogP contribution in [0.15, 0.2) is 29.2 Å². The Morgan fingerprint density at radius 3 is 2.50 bits per heavy atom. The highest BCUT2D eigenvalue weighted by Gasteiger charge is 2.26. The smallest absolute Gasteiger partial charge is 0.240 e. The van der Waals surface area contributed by atoms with Crippen molar-refractivity contribution in [1.82, 2.24) is 4.72 Å². The van der Waals surface area contributed by atoms with E-state index in [4.69, 9.17) is 5.11 Å². The Hall–Kier alpha value is -0.910. The van der Waals surface area contributed by atoms with Crippen molar-refractivity contribution < 1.29 is 13.5 Å². The van der Waals surface area contributed by atoms with E-state index in [9.17, 15) is 8.42 Å². The predicted octanol–water partition coefficient (Wildman–Crippen LogP) is 2.08. The molecule has 1 atom stereocenters. The SMILES string of the molecule is CC(CC1CC1)NS(=O)(=O)c1ccc(CCCO)cc1. The largest absolute Gasteiger partial charge is 0.396 e. The highest BCUT2D eigenvalue weighted by molar-refractivity contribution is 7.89. The molecule has 0 aliphatic heterocycles. The first-order chi connectivity index (χ1) is 9.51. The molecule has 112 valence electrons. The van der Waals surface area contributed by atoms with Crippen molar-refractivity contribution in [1.29, 1.82) is 0 Å². The van der Waals surface area contributed by atoms with E-state index in [1.807, 2.05) is 19.1 Å². The number of aliphatic hydroxyl groups excluding tert-OH is 1. The Labute approximate surface area is 121 Å². The maximum Gasteiger partial charge on any atom is 0.240 e. The summed E-state index contributed by atoms with van der Waals surface area (Å²) in [5.74, 6) is 0.702. The van der Waals surface area contributed by atoms with Crippen LogP contribution >= 0.6 is 0 Å². The Morgan fingerprint density at radius 2 is 1.95 bits per heavy atom. The van der Waals surface area contributed by atoms with E-state index in [1.165, 1.54) is 12.8 Å². The Balaban J connectivity index is 1.97. The zero-order valence-corrected chi connectivity index (χ0v) is 12.7. The van der Waals surface area contributed by atoms with Crippen LogP contribution in [0.1, 0.15) is 38.2 Å². The molecule has 1 saturated carbocycles. The summed E-state index contributed by atoms with van der Waals surface area (Å²) >= 11 is 0. The van der Waals surface area contributed by atoms with Gasteiger partial charge in [-0.25, -0.2) is 13.1 Å². The van der Waals surface area contributed by atoms with Crippen LogP contribution in [-0.2, 0) is 16.4 Å². The van der Waals surface area contributed by atoms with Crippen LogP contribution in [0.3, 0.4) is 0 Å². The van der Waals surface area contributed by atoms with Gasteiger partial charge in [-0.3, -0.25) is 0 Å². The highest BCUT2D eigenvalue weighted by Crippen LogP contribution is 2.33. The molecule has 0 saturated heterocycles. The molecule has 2 rings (SSSR count).